The average Bonchev–Trinajstić information content (AvgIpc) is 3.30. The van der Waals surface area contributed by atoms with E-state index in [9.17, 15) is 9.59 Å². The number of carbonyl (C=O) groups excluding carboxylic acids is 1. The third-order valence-corrected chi connectivity index (χ3v) is 8.56. The maximum atomic E-state index is 14.3. The van der Waals surface area contributed by atoms with Crippen LogP contribution in [-0.4, -0.2) is 44.5 Å². The Morgan fingerprint density at radius 2 is 1.76 bits per heavy atom. The molecule has 0 spiro atoms. The van der Waals surface area contributed by atoms with Crippen LogP contribution >= 0.6 is 11.3 Å². The van der Waals surface area contributed by atoms with Crippen LogP contribution in [0.5, 0.6) is 11.5 Å². The highest BCUT2D eigenvalue weighted by molar-refractivity contribution is 7.07. The fourth-order valence-corrected chi connectivity index (χ4v) is 6.58. The number of rotatable bonds is 9. The van der Waals surface area contributed by atoms with Gasteiger partial charge in [0.25, 0.3) is 5.56 Å². The highest BCUT2D eigenvalue weighted by atomic mass is 32.1. The number of anilines is 1. The molecule has 0 N–H and O–H groups in total. The lowest BCUT2D eigenvalue weighted by atomic mass is 9.90. The topological polar surface area (TPSA) is 82.4 Å². The van der Waals surface area contributed by atoms with Crippen LogP contribution in [0.4, 0.5) is 5.69 Å². The van der Waals surface area contributed by atoms with Crippen molar-refractivity contribution >= 4 is 39.8 Å². The van der Waals surface area contributed by atoms with E-state index in [1.165, 1.54) is 11.3 Å². The summed E-state index contributed by atoms with van der Waals surface area (Å²) >= 11 is 1.28. The van der Waals surface area contributed by atoms with E-state index < -0.39 is 12.0 Å². The zero-order chi connectivity index (χ0) is 30.0. The second-order valence-corrected chi connectivity index (χ2v) is 10.8. The summed E-state index contributed by atoms with van der Waals surface area (Å²) < 4.78 is 19.1. The van der Waals surface area contributed by atoms with Crippen LogP contribution in [0.25, 0.3) is 16.8 Å². The molecule has 0 aliphatic carbocycles. The first-order valence-electron chi connectivity index (χ1n) is 14.0. The molecule has 0 saturated heterocycles. The Hall–Kier alpha value is -4.37. The lowest BCUT2D eigenvalue weighted by Gasteiger charge is -2.27. The van der Waals surface area contributed by atoms with Crippen LogP contribution in [0, 0.1) is 0 Å². The summed E-state index contributed by atoms with van der Waals surface area (Å²) in [5, 5.41) is 1.84. The van der Waals surface area contributed by atoms with Crippen LogP contribution in [0.1, 0.15) is 44.9 Å². The van der Waals surface area contributed by atoms with Gasteiger partial charge in [-0.1, -0.05) is 41.7 Å². The number of hydrogen-bond donors (Lipinski definition) is 0. The number of ether oxygens (including phenoxy) is 3. The van der Waals surface area contributed by atoms with Crippen LogP contribution < -0.4 is 29.3 Å². The molecular weight excluding hydrogens is 550 g/mol. The van der Waals surface area contributed by atoms with Gasteiger partial charge in [-0.15, -0.1) is 0 Å². The molecule has 3 aromatic carbocycles. The molecule has 0 bridgehead atoms. The van der Waals surface area contributed by atoms with Crippen molar-refractivity contribution in [3.63, 3.8) is 0 Å². The molecule has 1 aliphatic rings. The number of fused-ring (bicyclic) bond motifs is 2. The predicted molar refractivity (Wildman–Crippen MR) is 167 cm³/mol. The Kier molecular flexibility index (Phi) is 8.49. The maximum Gasteiger partial charge on any atom is 0.338 e. The van der Waals surface area contributed by atoms with Gasteiger partial charge in [-0.25, -0.2) is 9.79 Å². The molecule has 4 aromatic rings. The largest absolute Gasteiger partial charge is 0.496 e. The molecule has 42 heavy (non-hydrogen) atoms. The minimum absolute atomic E-state index is 0.197. The SMILES string of the molecule is CCOC(=O)C1=C(C)N=c2s/c(=C/c3ccc(N(CC)CC)cc3OC)c(=O)n2[C@@H]1c1c(OC)ccc2ccccc12. The van der Waals surface area contributed by atoms with Gasteiger partial charge in [0.2, 0.25) is 0 Å². The van der Waals surface area contributed by atoms with E-state index in [-0.39, 0.29) is 12.2 Å². The number of benzene rings is 3. The van der Waals surface area contributed by atoms with Crippen molar-refractivity contribution in [2.45, 2.75) is 33.7 Å². The van der Waals surface area contributed by atoms with E-state index in [2.05, 4.69) is 18.7 Å². The lowest BCUT2D eigenvalue weighted by molar-refractivity contribution is -0.139. The summed E-state index contributed by atoms with van der Waals surface area (Å²) in [5.41, 5.74) is 3.09. The van der Waals surface area contributed by atoms with Gasteiger partial charge < -0.3 is 19.1 Å². The molecular formula is C33H35N3O5S. The van der Waals surface area contributed by atoms with E-state index in [0.717, 1.165) is 35.1 Å². The van der Waals surface area contributed by atoms with Gasteiger partial charge in [-0.3, -0.25) is 9.36 Å². The van der Waals surface area contributed by atoms with Crippen molar-refractivity contribution in [1.82, 2.24) is 4.57 Å². The van der Waals surface area contributed by atoms with E-state index in [4.69, 9.17) is 19.2 Å². The molecule has 9 heteroatoms. The third kappa shape index (κ3) is 5.09. The Morgan fingerprint density at radius 3 is 2.45 bits per heavy atom. The number of nitrogens with zero attached hydrogens (tertiary/aromatic N) is 3. The van der Waals surface area contributed by atoms with Crippen molar-refractivity contribution in [3.8, 4) is 11.5 Å². The Bertz CT molecular complexity index is 1870. The number of esters is 1. The number of aromatic nitrogens is 1. The molecule has 0 saturated carbocycles. The van der Waals surface area contributed by atoms with Gasteiger partial charge in [0.15, 0.2) is 4.80 Å². The van der Waals surface area contributed by atoms with Gasteiger partial charge in [0, 0.05) is 36.0 Å². The monoisotopic (exact) mass is 585 g/mol. The van der Waals surface area contributed by atoms with E-state index in [1.807, 2.05) is 60.7 Å². The zero-order valence-electron chi connectivity index (χ0n) is 24.8. The first-order valence-corrected chi connectivity index (χ1v) is 14.9. The van der Waals surface area contributed by atoms with Crippen molar-refractivity contribution in [2.75, 3.05) is 38.8 Å². The highest BCUT2D eigenvalue weighted by Gasteiger charge is 2.36. The van der Waals surface area contributed by atoms with Crippen LogP contribution in [0.3, 0.4) is 0 Å². The minimum Gasteiger partial charge on any atom is -0.496 e. The van der Waals surface area contributed by atoms with Gasteiger partial charge in [-0.2, -0.15) is 0 Å². The van der Waals surface area contributed by atoms with E-state index in [1.54, 1.807) is 32.6 Å². The molecule has 8 nitrogen and oxygen atoms in total. The summed E-state index contributed by atoms with van der Waals surface area (Å²) in [6.07, 6.45) is 1.83. The average molecular weight is 586 g/mol. The molecule has 0 radical (unpaired) electrons. The highest BCUT2D eigenvalue weighted by Crippen LogP contribution is 2.40. The van der Waals surface area contributed by atoms with Crippen LogP contribution in [-0.2, 0) is 9.53 Å². The number of carbonyl (C=O) groups is 1. The Labute approximate surface area is 248 Å². The molecule has 218 valence electrons. The van der Waals surface area contributed by atoms with Gasteiger partial charge >= 0.3 is 5.97 Å². The first-order chi connectivity index (χ1) is 20.4. The standard InChI is InChI=1S/C33H35N3O5S/c1-7-35(8-2)23-16-14-22(26(19-23)40-6)18-27-31(37)36-30(28(32(38)41-9-3)20(4)34-33(36)42-27)29-24-13-11-10-12-21(24)15-17-25(29)39-5/h10-19,30H,7-9H2,1-6H3/b27-18+/t30-/m0/s1. The predicted octanol–water partition coefficient (Wildman–Crippen LogP) is 4.81. The fourth-order valence-electron chi connectivity index (χ4n) is 5.55. The van der Waals surface area contributed by atoms with Crippen LogP contribution in [0.15, 0.2) is 75.7 Å². The molecule has 1 aliphatic heterocycles. The number of hydrogen-bond acceptors (Lipinski definition) is 8. The van der Waals surface area contributed by atoms with E-state index >= 15 is 0 Å². The third-order valence-electron chi connectivity index (χ3n) is 7.57. The second kappa shape index (κ2) is 12.2. The summed E-state index contributed by atoms with van der Waals surface area (Å²) in [5.74, 6) is 0.723. The quantitative estimate of drug-likeness (QED) is 0.262. The second-order valence-electron chi connectivity index (χ2n) is 9.80. The Morgan fingerprint density at radius 1 is 1.02 bits per heavy atom. The van der Waals surface area contributed by atoms with Crippen molar-refractivity contribution in [2.24, 2.45) is 4.99 Å². The molecule has 2 heterocycles. The van der Waals surface area contributed by atoms with Crippen molar-refractivity contribution in [3.05, 3.63) is 96.7 Å². The molecule has 5 rings (SSSR count). The van der Waals surface area contributed by atoms with Crippen molar-refractivity contribution in [1.29, 1.82) is 0 Å². The van der Waals surface area contributed by atoms with E-state index in [0.29, 0.717) is 37.7 Å². The molecule has 0 unspecified atom stereocenters. The maximum absolute atomic E-state index is 14.3. The minimum atomic E-state index is -0.796. The molecule has 1 aromatic heterocycles. The smallest absolute Gasteiger partial charge is 0.338 e. The fraction of sp³-hybridized carbons (Fsp3) is 0.303. The summed E-state index contributed by atoms with van der Waals surface area (Å²) in [7, 11) is 3.22. The summed E-state index contributed by atoms with van der Waals surface area (Å²) in [6, 6.07) is 16.9. The van der Waals surface area contributed by atoms with Crippen LogP contribution in [0.2, 0.25) is 0 Å². The number of allylic oxidation sites excluding steroid dienone is 1. The molecule has 0 amide bonds. The Balaban J connectivity index is 1.78. The van der Waals surface area contributed by atoms with Crippen molar-refractivity contribution < 1.29 is 19.0 Å². The number of thiazole rings is 1. The van der Waals surface area contributed by atoms with Gasteiger partial charge in [-0.05, 0) is 62.7 Å². The summed E-state index contributed by atoms with van der Waals surface area (Å²) in [4.78, 5) is 35.2. The number of methoxy groups -OCH3 is 2. The van der Waals surface area contributed by atoms with Gasteiger partial charge in [0.05, 0.1) is 36.6 Å². The zero-order valence-corrected chi connectivity index (χ0v) is 25.6. The lowest BCUT2D eigenvalue weighted by Crippen LogP contribution is -2.40. The first kappa shape index (κ1) is 29.1. The molecule has 0 fully saturated rings. The summed E-state index contributed by atoms with van der Waals surface area (Å²) in [6.45, 7) is 9.70. The van der Waals surface area contributed by atoms with Gasteiger partial charge in [0.1, 0.15) is 17.5 Å². The normalized spacial score (nSPS) is 14.9. The molecule has 1 atom stereocenters.